The van der Waals surface area contributed by atoms with Gasteiger partial charge in [-0.25, -0.2) is 15.0 Å². The number of para-hydroxylation sites is 3. The summed E-state index contributed by atoms with van der Waals surface area (Å²) < 4.78 is 11.8. The van der Waals surface area contributed by atoms with Crippen molar-refractivity contribution in [1.29, 1.82) is 0 Å². The first-order chi connectivity index (χ1) is 34.2. The van der Waals surface area contributed by atoms with Gasteiger partial charge in [-0.1, -0.05) is 158 Å². The Kier molecular flexibility index (Phi) is 7.97. The number of fused-ring (bicyclic) bond motifs is 13. The zero-order valence-corrected chi connectivity index (χ0v) is 37.0. The summed E-state index contributed by atoms with van der Waals surface area (Å²) >= 11 is 0. The van der Waals surface area contributed by atoms with Crippen molar-refractivity contribution in [2.75, 3.05) is 0 Å². The molecule has 0 atom stereocenters. The van der Waals surface area contributed by atoms with Crippen LogP contribution in [0.2, 0.25) is 0 Å². The zero-order valence-electron chi connectivity index (χ0n) is 37.0. The van der Waals surface area contributed by atoms with E-state index in [1.54, 1.807) is 0 Å². The SMILES string of the molecule is c1ccc(-n2c3ccccc3c3ccc(-c4nc(-c5ccc6ccccc6c5)nc(-c5cc(-n6c7ccccc7c7cc8ccccc8cc76)cc6oc7c8ccccc8ccc7c56)n4)cc32)cc1. The number of benzene rings is 11. The van der Waals surface area contributed by atoms with Crippen LogP contribution in [0.4, 0.5) is 0 Å². The molecule has 69 heavy (non-hydrogen) atoms. The molecule has 0 bridgehead atoms. The Bertz CT molecular complexity index is 4620. The van der Waals surface area contributed by atoms with Gasteiger partial charge < -0.3 is 13.6 Å². The highest BCUT2D eigenvalue weighted by molar-refractivity contribution is 6.20. The normalized spacial score (nSPS) is 12.1. The van der Waals surface area contributed by atoms with Gasteiger partial charge in [0.2, 0.25) is 0 Å². The van der Waals surface area contributed by atoms with Crippen molar-refractivity contribution in [1.82, 2.24) is 24.1 Å². The second kappa shape index (κ2) is 14.6. The maximum atomic E-state index is 7.08. The molecule has 0 saturated carbocycles. The molecule has 15 aromatic rings. The molecule has 0 amide bonds. The lowest BCUT2D eigenvalue weighted by Crippen LogP contribution is -2.02. The molecule has 0 aliphatic rings. The van der Waals surface area contributed by atoms with Crippen LogP contribution in [-0.2, 0) is 0 Å². The fourth-order valence-electron chi connectivity index (χ4n) is 10.9. The van der Waals surface area contributed by atoms with Gasteiger partial charge in [-0.2, -0.15) is 0 Å². The summed E-state index contributed by atoms with van der Waals surface area (Å²) in [7, 11) is 0. The molecule has 0 radical (unpaired) electrons. The molecule has 0 N–H and O–H groups in total. The van der Waals surface area contributed by atoms with Crippen LogP contribution in [0.25, 0.3) is 143 Å². The second-order valence-electron chi connectivity index (χ2n) is 18.0. The number of hydrogen-bond acceptors (Lipinski definition) is 4. The quantitative estimate of drug-likeness (QED) is 0.173. The zero-order chi connectivity index (χ0) is 45.2. The van der Waals surface area contributed by atoms with Crippen LogP contribution in [-0.4, -0.2) is 24.1 Å². The minimum Gasteiger partial charge on any atom is -0.455 e. The molecule has 0 aliphatic heterocycles. The highest BCUT2D eigenvalue weighted by Gasteiger charge is 2.23. The minimum atomic E-state index is 0.556. The average Bonchev–Trinajstić information content (AvgIpc) is 4.07. The van der Waals surface area contributed by atoms with Crippen molar-refractivity contribution in [3.63, 3.8) is 0 Å². The van der Waals surface area contributed by atoms with Gasteiger partial charge in [-0.3, -0.25) is 0 Å². The van der Waals surface area contributed by atoms with Crippen molar-refractivity contribution in [2.45, 2.75) is 0 Å². The van der Waals surface area contributed by atoms with Crippen molar-refractivity contribution in [3.05, 3.63) is 224 Å². The van der Waals surface area contributed by atoms with Crippen LogP contribution in [0.5, 0.6) is 0 Å². The molecule has 11 aromatic carbocycles. The van der Waals surface area contributed by atoms with E-state index >= 15 is 0 Å². The third-order valence-electron chi connectivity index (χ3n) is 14.1. The van der Waals surface area contributed by atoms with Crippen LogP contribution < -0.4 is 0 Å². The summed E-state index contributed by atoms with van der Waals surface area (Å²) in [6.45, 7) is 0. The molecule has 320 valence electrons. The summed E-state index contributed by atoms with van der Waals surface area (Å²) in [4.78, 5) is 16.4. The molecule has 4 aromatic heterocycles. The Hall–Kier alpha value is -9.39. The Labute approximate surface area is 394 Å². The van der Waals surface area contributed by atoms with Crippen molar-refractivity contribution >= 4 is 97.9 Å². The molecular weight excluding hydrogens is 843 g/mol. The standard InChI is InChI=1S/C63H37N5O/c1-2-19-45(20-3-1)67-54-24-12-10-22-48(54)50-30-29-44(35-56(50)67)62-64-61(43-27-26-38-14-4-5-16-40(38)32-43)65-63(66-62)53-36-46(37-58-59(53)51-31-28-39-15-8-9-21-47(39)60(51)69-58)68-55-25-13-11-23-49(55)52-33-41-17-6-7-18-42(41)34-57(52)68/h1-37H. The monoisotopic (exact) mass is 879 g/mol. The van der Waals surface area contributed by atoms with Gasteiger partial charge in [0.15, 0.2) is 17.5 Å². The Morgan fingerprint density at radius 1 is 0.304 bits per heavy atom. The van der Waals surface area contributed by atoms with E-state index in [4.69, 9.17) is 19.4 Å². The lowest BCUT2D eigenvalue weighted by molar-refractivity contribution is 0.672. The molecule has 15 rings (SSSR count). The van der Waals surface area contributed by atoms with Gasteiger partial charge in [0.25, 0.3) is 0 Å². The molecule has 6 nitrogen and oxygen atoms in total. The van der Waals surface area contributed by atoms with E-state index < -0.39 is 0 Å². The largest absolute Gasteiger partial charge is 0.455 e. The van der Waals surface area contributed by atoms with Gasteiger partial charge >= 0.3 is 0 Å². The van der Waals surface area contributed by atoms with Crippen LogP contribution >= 0.6 is 0 Å². The van der Waals surface area contributed by atoms with E-state index in [0.717, 1.165) is 99.0 Å². The smallest absolute Gasteiger partial charge is 0.164 e. The maximum absolute atomic E-state index is 7.08. The lowest BCUT2D eigenvalue weighted by Gasteiger charge is -2.13. The molecule has 0 saturated heterocycles. The van der Waals surface area contributed by atoms with E-state index in [0.29, 0.717) is 17.5 Å². The van der Waals surface area contributed by atoms with Gasteiger partial charge in [0, 0.05) is 66.1 Å². The Morgan fingerprint density at radius 3 is 1.59 bits per heavy atom. The van der Waals surface area contributed by atoms with Crippen LogP contribution in [0.1, 0.15) is 0 Å². The molecular formula is C63H37N5O. The van der Waals surface area contributed by atoms with E-state index in [9.17, 15) is 0 Å². The van der Waals surface area contributed by atoms with Gasteiger partial charge in [0.05, 0.1) is 27.8 Å². The summed E-state index contributed by atoms with van der Waals surface area (Å²) in [5.41, 5.74) is 10.7. The summed E-state index contributed by atoms with van der Waals surface area (Å²) in [6, 6.07) is 79.8. The second-order valence-corrected chi connectivity index (χ2v) is 18.0. The first-order valence-corrected chi connectivity index (χ1v) is 23.3. The van der Waals surface area contributed by atoms with Crippen LogP contribution in [0, 0.1) is 0 Å². The Balaban J connectivity index is 1.05. The number of aromatic nitrogens is 5. The maximum Gasteiger partial charge on any atom is 0.164 e. The molecule has 4 heterocycles. The number of hydrogen-bond donors (Lipinski definition) is 0. The molecule has 6 heteroatoms. The summed E-state index contributed by atoms with van der Waals surface area (Å²) in [6.07, 6.45) is 0. The van der Waals surface area contributed by atoms with Gasteiger partial charge in [-0.05, 0) is 87.6 Å². The minimum absolute atomic E-state index is 0.556. The Morgan fingerprint density at radius 2 is 0.826 bits per heavy atom. The van der Waals surface area contributed by atoms with Gasteiger partial charge in [0.1, 0.15) is 11.2 Å². The number of furan rings is 1. The highest BCUT2D eigenvalue weighted by Crippen LogP contribution is 2.44. The van der Waals surface area contributed by atoms with E-state index in [-0.39, 0.29) is 0 Å². The molecule has 0 fully saturated rings. The highest BCUT2D eigenvalue weighted by atomic mass is 16.3. The summed E-state index contributed by atoms with van der Waals surface area (Å²) in [5.74, 6) is 1.72. The predicted octanol–water partition coefficient (Wildman–Crippen LogP) is 16.4. The van der Waals surface area contributed by atoms with Crippen molar-refractivity contribution in [2.24, 2.45) is 0 Å². The van der Waals surface area contributed by atoms with E-state index in [2.05, 4.69) is 234 Å². The molecule has 0 aliphatic carbocycles. The van der Waals surface area contributed by atoms with Crippen molar-refractivity contribution < 1.29 is 4.42 Å². The van der Waals surface area contributed by atoms with Gasteiger partial charge in [-0.15, -0.1) is 0 Å². The lowest BCUT2D eigenvalue weighted by atomic mass is 10.0. The fourth-order valence-corrected chi connectivity index (χ4v) is 10.9. The average molecular weight is 880 g/mol. The molecule has 0 spiro atoms. The molecule has 0 unspecified atom stereocenters. The fraction of sp³-hybridized carbons (Fsp3) is 0. The van der Waals surface area contributed by atoms with E-state index in [1.165, 1.54) is 26.9 Å². The third-order valence-corrected chi connectivity index (χ3v) is 14.1. The van der Waals surface area contributed by atoms with Crippen LogP contribution in [0.15, 0.2) is 229 Å². The van der Waals surface area contributed by atoms with Crippen molar-refractivity contribution in [3.8, 4) is 45.5 Å². The number of nitrogens with zero attached hydrogens (tertiary/aromatic N) is 5. The van der Waals surface area contributed by atoms with Crippen LogP contribution in [0.3, 0.4) is 0 Å². The third kappa shape index (κ3) is 5.76. The first kappa shape index (κ1) is 37.8. The van der Waals surface area contributed by atoms with E-state index in [1.807, 2.05) is 0 Å². The summed E-state index contributed by atoms with van der Waals surface area (Å²) in [5, 5.41) is 13.5. The topological polar surface area (TPSA) is 61.7 Å². The predicted molar refractivity (Wildman–Crippen MR) is 285 cm³/mol. The number of rotatable bonds is 5. The first-order valence-electron chi connectivity index (χ1n) is 23.3.